The molecule has 2 aromatic carbocycles. The van der Waals surface area contributed by atoms with Crippen LogP contribution in [0, 0.1) is 25.2 Å². The number of aryl methyl sites for hydroxylation is 1. The Balaban J connectivity index is 0. The van der Waals surface area contributed by atoms with Crippen LogP contribution in [0.4, 0.5) is 51.5 Å². The average molecular weight is 598 g/mol. The molecule has 0 unspecified atom stereocenters. The Morgan fingerprint density at radius 3 is 1.56 bits per heavy atom. The number of nitrogens with one attached hydrogen (secondary N) is 1. The topological polar surface area (TPSA) is 12.0 Å². The highest BCUT2D eigenvalue weighted by Crippen LogP contribution is 3.02. The predicted octanol–water partition coefficient (Wildman–Crippen LogP) is 11.8. The highest BCUT2D eigenvalue weighted by Gasteiger charge is 2.65. The maximum atomic E-state index is 12.7. The van der Waals surface area contributed by atoms with Gasteiger partial charge in [0.15, 0.2) is 0 Å². The highest BCUT2D eigenvalue weighted by molar-refractivity contribution is 8.45. The van der Waals surface area contributed by atoms with Gasteiger partial charge in [0.25, 0.3) is 0 Å². The minimum atomic E-state index is -9.65. The fraction of sp³-hybridized carbons (Fsp3) is 0.308. The summed E-state index contributed by atoms with van der Waals surface area (Å²) in [5.74, 6) is 0. The molecule has 1 N–H and O–H groups in total. The monoisotopic (exact) mass is 597 g/mol. The van der Waals surface area contributed by atoms with E-state index in [-0.39, 0.29) is 22.7 Å². The lowest BCUT2D eigenvalue weighted by Crippen LogP contribution is -2.19. The molecule has 2 aromatic rings. The maximum absolute atomic E-state index is 12.7. The highest BCUT2D eigenvalue weighted by atomic mass is 32.5. The van der Waals surface area contributed by atoms with Crippen LogP contribution in [0.25, 0.3) is 0 Å². The molecule has 13 heteroatoms. The Hall–Kier alpha value is -3.14. The van der Waals surface area contributed by atoms with Crippen molar-refractivity contribution in [1.82, 2.24) is 0 Å². The number of alkyl halides is 6. The van der Waals surface area contributed by atoms with Crippen LogP contribution in [-0.4, -0.2) is 0 Å². The minimum absolute atomic E-state index is 0.0534. The number of hydrogen-bond acceptors (Lipinski definition) is 1. The zero-order chi connectivity index (χ0) is 31.7. The second-order valence-corrected chi connectivity index (χ2v) is 10.8. The third kappa shape index (κ3) is 13.0. The van der Waals surface area contributed by atoms with Crippen molar-refractivity contribution < 1.29 is 45.8 Å². The van der Waals surface area contributed by atoms with Crippen molar-refractivity contribution in [3.63, 3.8) is 0 Å². The van der Waals surface area contributed by atoms with E-state index in [9.17, 15) is 45.8 Å². The summed E-state index contributed by atoms with van der Waals surface area (Å²) in [5, 5.41) is 2.67. The zero-order valence-electron chi connectivity index (χ0n) is 21.6. The Morgan fingerprint density at radius 2 is 1.23 bits per heavy atom. The van der Waals surface area contributed by atoms with Gasteiger partial charge in [-0.25, -0.2) is 0 Å². The van der Waals surface area contributed by atoms with E-state index >= 15 is 0 Å². The van der Waals surface area contributed by atoms with Crippen molar-refractivity contribution in [3.05, 3.63) is 84.6 Å². The van der Waals surface area contributed by atoms with Crippen molar-refractivity contribution >= 4 is 15.9 Å². The van der Waals surface area contributed by atoms with Gasteiger partial charge in [-0.1, -0.05) is 52.8 Å². The van der Waals surface area contributed by atoms with Crippen LogP contribution in [-0.2, 0) is 12.4 Å². The molecular formula is C26H30F11NS. The Bertz CT molecular complexity index is 1100. The summed E-state index contributed by atoms with van der Waals surface area (Å²) in [6.45, 7) is 16.6. The molecular weight excluding hydrogens is 567 g/mol. The largest absolute Gasteiger partial charge is 0.416 e. The lowest BCUT2D eigenvalue weighted by molar-refractivity contribution is -0.143. The molecule has 0 spiro atoms. The smallest absolute Gasteiger partial charge is 0.359 e. The molecule has 39 heavy (non-hydrogen) atoms. The van der Waals surface area contributed by atoms with Crippen LogP contribution < -0.4 is 5.32 Å². The Kier molecular flexibility index (Phi) is 12.0. The van der Waals surface area contributed by atoms with Gasteiger partial charge in [-0.2, -0.15) is 26.3 Å². The van der Waals surface area contributed by atoms with Crippen LogP contribution in [0.2, 0.25) is 0 Å². The summed E-state index contributed by atoms with van der Waals surface area (Å²) in [5.41, 5.74) is -2.58. The number of rotatable bonds is 5. The van der Waals surface area contributed by atoms with Gasteiger partial charge in [-0.05, 0) is 55.3 Å². The first-order valence-corrected chi connectivity index (χ1v) is 12.6. The number of halogens is 11. The maximum Gasteiger partial charge on any atom is 0.416 e. The summed E-state index contributed by atoms with van der Waals surface area (Å²) >= 11 is 0. The predicted molar refractivity (Wildman–Crippen MR) is 137 cm³/mol. The molecule has 2 rings (SSSR count). The Morgan fingerprint density at radius 1 is 0.821 bits per heavy atom. The van der Waals surface area contributed by atoms with Crippen LogP contribution in [0.3, 0.4) is 0 Å². The molecule has 0 fully saturated rings. The molecule has 0 aliphatic heterocycles. The van der Waals surface area contributed by atoms with Crippen LogP contribution in [0.5, 0.6) is 0 Å². The zero-order valence-corrected chi connectivity index (χ0v) is 22.4. The lowest BCUT2D eigenvalue weighted by atomic mass is 9.87. The molecule has 0 radical (unpaired) electrons. The van der Waals surface area contributed by atoms with E-state index in [1.165, 1.54) is 13.0 Å². The second kappa shape index (κ2) is 12.4. The number of anilines is 1. The fourth-order valence-corrected chi connectivity index (χ4v) is 3.17. The molecule has 0 bridgehead atoms. The van der Waals surface area contributed by atoms with Crippen LogP contribution >= 0.6 is 10.2 Å². The summed E-state index contributed by atoms with van der Waals surface area (Å²) in [6, 6.07) is 4.49. The summed E-state index contributed by atoms with van der Waals surface area (Å²) in [4.78, 5) is -1.91. The van der Waals surface area contributed by atoms with E-state index in [1.807, 2.05) is 20.8 Å². The quantitative estimate of drug-likeness (QED) is 0.205. The number of allylic oxidation sites excluding steroid dienone is 1. The van der Waals surface area contributed by atoms with Crippen LogP contribution in [0.1, 0.15) is 43.9 Å². The van der Waals surface area contributed by atoms with E-state index in [2.05, 4.69) is 37.9 Å². The molecule has 0 amide bonds. The van der Waals surface area contributed by atoms with Gasteiger partial charge < -0.3 is 5.32 Å². The lowest BCUT2D eigenvalue weighted by Gasteiger charge is -2.40. The molecule has 0 heterocycles. The fourth-order valence-electron chi connectivity index (χ4n) is 2.48. The molecule has 0 saturated heterocycles. The van der Waals surface area contributed by atoms with Crippen LogP contribution in [0.15, 0.2) is 72.8 Å². The third-order valence-electron chi connectivity index (χ3n) is 5.01. The summed E-state index contributed by atoms with van der Waals surface area (Å²) in [7, 11) is -9.65. The standard InChI is InChI=1S/C13H18F5NS.C9H6F6.C2H4.C2H2/c1-5-13(3,4)10(2)19-11-7-6-8-12(9-11)20(14,15,16,17)18;1-5-2-6(8(10,11)12)4-7(3-5)9(13,14)15;2*1-2/h6-9,19H,2,5H2,1,3-4H3;2-4H,1H3;1-2H2;1-2H. The second-order valence-electron chi connectivity index (χ2n) is 8.42. The van der Waals surface area contributed by atoms with Crippen molar-refractivity contribution in [2.75, 3.05) is 5.32 Å². The molecule has 0 aliphatic rings. The van der Waals surface area contributed by atoms with Gasteiger partial charge in [0.1, 0.15) is 4.90 Å². The van der Waals surface area contributed by atoms with Gasteiger partial charge >= 0.3 is 22.6 Å². The van der Waals surface area contributed by atoms with E-state index in [4.69, 9.17) is 0 Å². The van der Waals surface area contributed by atoms with Gasteiger partial charge in [0, 0.05) is 16.8 Å². The number of terminal acetylenes is 1. The SMILES string of the molecule is C#C.C=C.C=C(Nc1cccc(S(F)(F)(F)(F)F)c1)C(C)(C)CC.Cc1cc(C(F)(F)F)cc(C(F)(F)F)c1. The van der Waals surface area contributed by atoms with Gasteiger partial charge in [0.2, 0.25) is 0 Å². The summed E-state index contributed by atoms with van der Waals surface area (Å²) < 4.78 is 137. The van der Waals surface area contributed by atoms with Gasteiger partial charge in [0.05, 0.1) is 11.1 Å². The van der Waals surface area contributed by atoms with Crippen molar-refractivity contribution in [2.24, 2.45) is 5.41 Å². The van der Waals surface area contributed by atoms with Gasteiger partial charge in [-0.15, -0.1) is 26.0 Å². The minimum Gasteiger partial charge on any atom is -0.359 e. The molecule has 0 saturated carbocycles. The van der Waals surface area contributed by atoms with Crippen molar-refractivity contribution in [1.29, 1.82) is 0 Å². The first-order chi connectivity index (χ1) is 17.3. The van der Waals surface area contributed by atoms with E-state index in [0.29, 0.717) is 36.4 Å². The molecule has 0 aliphatic carbocycles. The number of hydrogen-bond donors (Lipinski definition) is 1. The third-order valence-corrected chi connectivity index (χ3v) is 6.15. The molecule has 1 nitrogen and oxygen atoms in total. The van der Waals surface area contributed by atoms with Crippen molar-refractivity contribution in [2.45, 2.75) is 51.4 Å². The van der Waals surface area contributed by atoms with E-state index in [0.717, 1.165) is 6.07 Å². The molecule has 0 aromatic heterocycles. The first-order valence-electron chi connectivity index (χ1n) is 10.7. The molecule has 0 atom stereocenters. The Labute approximate surface area is 221 Å². The summed E-state index contributed by atoms with van der Waals surface area (Å²) in [6.07, 6.45) is -0.807. The van der Waals surface area contributed by atoms with Gasteiger partial charge in [-0.3, -0.25) is 0 Å². The van der Waals surface area contributed by atoms with Crippen molar-refractivity contribution in [3.8, 4) is 12.8 Å². The average Bonchev–Trinajstić information content (AvgIpc) is 2.79. The first kappa shape index (κ1) is 38.0. The van der Waals surface area contributed by atoms with E-state index < -0.39 is 38.6 Å². The number of benzene rings is 2. The molecule has 222 valence electrons. The normalized spacial score (nSPS) is 13.5. The van der Waals surface area contributed by atoms with E-state index in [1.54, 1.807) is 0 Å².